The molecule has 21 heavy (non-hydrogen) atoms. The van der Waals surface area contributed by atoms with Gasteiger partial charge in [-0.25, -0.2) is 4.39 Å². The Bertz CT molecular complexity index is 610. The summed E-state index contributed by atoms with van der Waals surface area (Å²) in [5, 5.41) is 3.39. The van der Waals surface area contributed by atoms with Crippen LogP contribution in [0.4, 0.5) is 4.39 Å². The second kappa shape index (κ2) is 7.38. The third-order valence-electron chi connectivity index (χ3n) is 3.22. The molecule has 0 radical (unpaired) electrons. The van der Waals surface area contributed by atoms with Gasteiger partial charge in [0.05, 0.1) is 16.1 Å². The third-order valence-corrected chi connectivity index (χ3v) is 4.40. The smallest absolute Gasteiger partial charge is 0.147 e. The van der Waals surface area contributed by atoms with Crippen molar-refractivity contribution in [1.29, 1.82) is 0 Å². The van der Waals surface area contributed by atoms with Gasteiger partial charge in [0.15, 0.2) is 0 Å². The molecule has 0 fully saturated rings. The highest BCUT2D eigenvalue weighted by molar-refractivity contribution is 9.11. The summed E-state index contributed by atoms with van der Waals surface area (Å²) in [6.45, 7) is 2.70. The van der Waals surface area contributed by atoms with E-state index in [4.69, 9.17) is 4.74 Å². The average Bonchev–Trinajstić information content (AvgIpc) is 2.44. The zero-order chi connectivity index (χ0) is 15.4. The first-order chi connectivity index (χ1) is 10.0. The molecule has 0 aliphatic heterocycles. The fraction of sp³-hybridized carbons (Fsp3) is 0.250. The maximum Gasteiger partial charge on any atom is 0.147 e. The van der Waals surface area contributed by atoms with Gasteiger partial charge >= 0.3 is 0 Å². The van der Waals surface area contributed by atoms with E-state index >= 15 is 0 Å². The molecule has 2 aromatic carbocycles. The minimum atomic E-state index is -0.212. The number of nitrogens with one attached hydrogen (secondary N) is 1. The SMILES string of the molecule is COc1c(Br)cc(CN[C@@H](C)c2cccc(F)c2)cc1Br. The highest BCUT2D eigenvalue weighted by Gasteiger charge is 2.10. The molecule has 2 aromatic rings. The molecular formula is C16H16Br2FNO. The van der Waals surface area contributed by atoms with E-state index in [0.29, 0.717) is 6.54 Å². The van der Waals surface area contributed by atoms with Gasteiger partial charge in [0, 0.05) is 12.6 Å². The number of ether oxygens (including phenoxy) is 1. The summed E-state index contributed by atoms with van der Waals surface area (Å²) in [5.74, 6) is 0.563. The topological polar surface area (TPSA) is 21.3 Å². The molecule has 1 N–H and O–H groups in total. The first-order valence-corrected chi connectivity index (χ1v) is 8.10. The van der Waals surface area contributed by atoms with Crippen molar-refractivity contribution in [1.82, 2.24) is 5.32 Å². The molecule has 0 aromatic heterocycles. The summed E-state index contributed by atoms with van der Waals surface area (Å²) in [4.78, 5) is 0. The summed E-state index contributed by atoms with van der Waals surface area (Å²) in [6.07, 6.45) is 0. The van der Waals surface area contributed by atoms with Gasteiger partial charge in [0.25, 0.3) is 0 Å². The molecule has 0 unspecified atom stereocenters. The minimum absolute atomic E-state index is 0.0698. The Kier molecular flexibility index (Phi) is 5.79. The highest BCUT2D eigenvalue weighted by atomic mass is 79.9. The number of benzene rings is 2. The van der Waals surface area contributed by atoms with E-state index in [0.717, 1.165) is 25.8 Å². The molecule has 0 aliphatic carbocycles. The molecule has 0 amide bonds. The molecule has 0 bridgehead atoms. The largest absolute Gasteiger partial charge is 0.494 e. The lowest BCUT2D eigenvalue weighted by molar-refractivity contribution is 0.409. The van der Waals surface area contributed by atoms with Crippen LogP contribution < -0.4 is 10.1 Å². The normalized spacial score (nSPS) is 12.2. The molecule has 2 rings (SSSR count). The lowest BCUT2D eigenvalue weighted by atomic mass is 10.1. The van der Waals surface area contributed by atoms with Crippen LogP contribution in [0.2, 0.25) is 0 Å². The zero-order valence-corrected chi connectivity index (χ0v) is 15.0. The Morgan fingerprint density at radius 1 is 1.19 bits per heavy atom. The number of rotatable bonds is 5. The van der Waals surface area contributed by atoms with Crippen LogP contribution >= 0.6 is 31.9 Å². The van der Waals surface area contributed by atoms with E-state index in [9.17, 15) is 4.39 Å². The molecule has 0 spiro atoms. The van der Waals surface area contributed by atoms with E-state index in [2.05, 4.69) is 37.2 Å². The van der Waals surface area contributed by atoms with E-state index in [-0.39, 0.29) is 11.9 Å². The van der Waals surface area contributed by atoms with Crippen molar-refractivity contribution in [3.63, 3.8) is 0 Å². The van der Waals surface area contributed by atoms with E-state index in [1.54, 1.807) is 19.2 Å². The van der Waals surface area contributed by atoms with Crippen LogP contribution in [0.1, 0.15) is 24.1 Å². The Hall–Kier alpha value is -0.910. The second-order valence-electron chi connectivity index (χ2n) is 4.75. The zero-order valence-electron chi connectivity index (χ0n) is 11.8. The standard InChI is InChI=1S/C16H16Br2FNO/c1-10(12-4-3-5-13(19)8-12)20-9-11-6-14(17)16(21-2)15(18)7-11/h3-8,10,20H,9H2,1-2H3/t10-/m0/s1. The number of methoxy groups -OCH3 is 1. The maximum absolute atomic E-state index is 13.2. The molecule has 1 atom stereocenters. The van der Waals surface area contributed by atoms with Gasteiger partial charge in [-0.15, -0.1) is 0 Å². The summed E-state index contributed by atoms with van der Waals surface area (Å²) in [5.41, 5.74) is 2.04. The third kappa shape index (κ3) is 4.28. The van der Waals surface area contributed by atoms with Crippen LogP contribution in [-0.4, -0.2) is 7.11 Å². The van der Waals surface area contributed by atoms with Gasteiger partial charge in [-0.2, -0.15) is 0 Å². The molecule has 0 saturated carbocycles. The van der Waals surface area contributed by atoms with E-state index in [1.165, 1.54) is 6.07 Å². The van der Waals surface area contributed by atoms with Crippen molar-refractivity contribution in [2.45, 2.75) is 19.5 Å². The number of halogens is 3. The summed E-state index contributed by atoms with van der Waals surface area (Å²) >= 11 is 6.97. The van der Waals surface area contributed by atoms with Crippen molar-refractivity contribution in [3.8, 4) is 5.75 Å². The minimum Gasteiger partial charge on any atom is -0.494 e. The molecule has 0 heterocycles. The second-order valence-corrected chi connectivity index (χ2v) is 6.46. The summed E-state index contributed by atoms with van der Waals surface area (Å²) in [6, 6.07) is 10.7. The molecule has 0 saturated heterocycles. The Morgan fingerprint density at radius 2 is 1.86 bits per heavy atom. The van der Waals surface area contributed by atoms with Crippen molar-refractivity contribution >= 4 is 31.9 Å². The van der Waals surface area contributed by atoms with Crippen LogP contribution in [0, 0.1) is 5.82 Å². The van der Waals surface area contributed by atoms with Crippen LogP contribution in [-0.2, 0) is 6.54 Å². The Morgan fingerprint density at radius 3 is 2.43 bits per heavy atom. The van der Waals surface area contributed by atoms with Crippen LogP contribution in [0.3, 0.4) is 0 Å². The first kappa shape index (κ1) is 16.5. The van der Waals surface area contributed by atoms with Gasteiger partial charge in [0.1, 0.15) is 11.6 Å². The van der Waals surface area contributed by atoms with Crippen molar-refractivity contribution in [2.24, 2.45) is 0 Å². The van der Waals surface area contributed by atoms with Crippen LogP contribution in [0.15, 0.2) is 45.3 Å². The van der Waals surface area contributed by atoms with Crippen molar-refractivity contribution in [3.05, 3.63) is 62.3 Å². The average molecular weight is 417 g/mol. The monoisotopic (exact) mass is 415 g/mol. The molecule has 2 nitrogen and oxygen atoms in total. The Labute approximate surface area is 141 Å². The van der Waals surface area contributed by atoms with E-state index in [1.807, 2.05) is 25.1 Å². The van der Waals surface area contributed by atoms with Gasteiger partial charge in [-0.05, 0) is 74.2 Å². The number of hydrogen-bond donors (Lipinski definition) is 1. The van der Waals surface area contributed by atoms with Gasteiger partial charge < -0.3 is 10.1 Å². The molecule has 0 aliphatic rings. The fourth-order valence-corrected chi connectivity index (χ4v) is 3.68. The van der Waals surface area contributed by atoms with Crippen molar-refractivity contribution < 1.29 is 9.13 Å². The highest BCUT2D eigenvalue weighted by Crippen LogP contribution is 2.34. The van der Waals surface area contributed by atoms with Gasteiger partial charge in [0.2, 0.25) is 0 Å². The quantitative estimate of drug-likeness (QED) is 0.722. The summed E-state index contributed by atoms with van der Waals surface area (Å²) < 4.78 is 20.3. The van der Waals surface area contributed by atoms with E-state index < -0.39 is 0 Å². The van der Waals surface area contributed by atoms with Gasteiger partial charge in [-0.3, -0.25) is 0 Å². The first-order valence-electron chi connectivity index (χ1n) is 6.52. The molecule has 5 heteroatoms. The molecule has 112 valence electrons. The van der Waals surface area contributed by atoms with Crippen LogP contribution in [0.5, 0.6) is 5.75 Å². The molecular weight excluding hydrogens is 401 g/mol. The summed E-state index contributed by atoms with van der Waals surface area (Å²) in [7, 11) is 1.63. The predicted octanol–water partition coefficient (Wildman–Crippen LogP) is 5.21. The predicted molar refractivity (Wildman–Crippen MR) is 90.0 cm³/mol. The van der Waals surface area contributed by atoms with Crippen LogP contribution in [0.25, 0.3) is 0 Å². The van der Waals surface area contributed by atoms with Gasteiger partial charge in [-0.1, -0.05) is 12.1 Å². The fourth-order valence-electron chi connectivity index (χ4n) is 2.07. The lowest BCUT2D eigenvalue weighted by Gasteiger charge is -2.15. The number of hydrogen-bond acceptors (Lipinski definition) is 2. The Balaban J connectivity index is 2.06. The van der Waals surface area contributed by atoms with Crippen molar-refractivity contribution in [2.75, 3.05) is 7.11 Å². The lowest BCUT2D eigenvalue weighted by Crippen LogP contribution is -2.18. The maximum atomic E-state index is 13.2.